The lowest BCUT2D eigenvalue weighted by atomic mass is 10.2. The molecule has 0 bridgehead atoms. The normalized spacial score (nSPS) is 11.8. The van der Waals surface area contributed by atoms with Crippen LogP contribution < -0.4 is 0 Å². The molecule has 0 radical (unpaired) electrons. The van der Waals surface area contributed by atoms with Crippen molar-refractivity contribution in [2.24, 2.45) is 7.05 Å². The van der Waals surface area contributed by atoms with Gasteiger partial charge in [-0.1, -0.05) is 15.9 Å². The molecule has 8 heteroatoms. The summed E-state index contributed by atoms with van der Waals surface area (Å²) in [4.78, 5) is 7.45. The first-order valence-electron chi connectivity index (χ1n) is 4.91. The molecule has 0 N–H and O–H groups in total. The quantitative estimate of drug-likeness (QED) is 0.799. The molecular weight excluding hydrogens is 313 g/mol. The molecule has 96 valence electrons. The summed E-state index contributed by atoms with van der Waals surface area (Å²) in [7, 11) is 1.67. The monoisotopic (exact) mass is 320 g/mol. The van der Waals surface area contributed by atoms with Gasteiger partial charge in [-0.15, -0.1) is 0 Å². The van der Waals surface area contributed by atoms with Gasteiger partial charge in [-0.05, 0) is 6.07 Å². The molecule has 2 rings (SSSR count). The van der Waals surface area contributed by atoms with Crippen LogP contribution in [0.4, 0.5) is 13.2 Å². The molecule has 0 amide bonds. The molecule has 0 aromatic carbocycles. The van der Waals surface area contributed by atoms with E-state index >= 15 is 0 Å². The van der Waals surface area contributed by atoms with E-state index in [9.17, 15) is 13.2 Å². The summed E-state index contributed by atoms with van der Waals surface area (Å²) >= 11 is 2.99. The molecule has 4 nitrogen and oxygen atoms in total. The molecule has 0 atom stereocenters. The Labute approximate surface area is 109 Å². The Kier molecular flexibility index (Phi) is 3.38. The zero-order valence-electron chi connectivity index (χ0n) is 9.24. The molecule has 0 aliphatic carbocycles. The number of aromatic nitrogens is 4. The summed E-state index contributed by atoms with van der Waals surface area (Å²) in [5.74, 6) is -0.0346. The van der Waals surface area contributed by atoms with Gasteiger partial charge in [-0.25, -0.2) is 9.97 Å². The largest absolute Gasteiger partial charge is 0.433 e. The Morgan fingerprint density at radius 1 is 1.39 bits per heavy atom. The number of rotatable bonds is 2. The van der Waals surface area contributed by atoms with Crippen molar-refractivity contribution in [2.75, 3.05) is 0 Å². The molecule has 0 saturated carbocycles. The Balaban J connectivity index is 2.52. The highest BCUT2D eigenvalue weighted by Gasteiger charge is 2.36. The third-order valence-electron chi connectivity index (χ3n) is 2.22. The van der Waals surface area contributed by atoms with Gasteiger partial charge in [0.15, 0.2) is 11.5 Å². The highest BCUT2D eigenvalue weighted by molar-refractivity contribution is 9.08. The van der Waals surface area contributed by atoms with Crippen LogP contribution >= 0.6 is 15.9 Å². The van der Waals surface area contributed by atoms with Gasteiger partial charge in [0.25, 0.3) is 0 Å². The fourth-order valence-electron chi connectivity index (χ4n) is 1.41. The maximum absolute atomic E-state index is 12.8. The average molecular weight is 321 g/mol. The van der Waals surface area contributed by atoms with Crippen molar-refractivity contribution in [3.05, 3.63) is 29.7 Å². The van der Waals surface area contributed by atoms with Crippen LogP contribution in [-0.4, -0.2) is 19.7 Å². The molecule has 0 spiro atoms. The molecule has 0 aliphatic heterocycles. The number of nitrogens with zero attached hydrogens (tertiary/aromatic N) is 4. The molecule has 0 aliphatic rings. The summed E-state index contributed by atoms with van der Waals surface area (Å²) < 4.78 is 39.9. The van der Waals surface area contributed by atoms with Gasteiger partial charge >= 0.3 is 6.18 Å². The summed E-state index contributed by atoms with van der Waals surface area (Å²) in [5, 5.41) is 4.02. The topological polar surface area (TPSA) is 43.6 Å². The first-order valence-corrected chi connectivity index (χ1v) is 6.03. The molecule has 2 aromatic heterocycles. The highest BCUT2D eigenvalue weighted by Crippen LogP contribution is 2.32. The van der Waals surface area contributed by atoms with Crippen molar-refractivity contribution in [1.29, 1.82) is 0 Å². The van der Waals surface area contributed by atoms with E-state index in [0.717, 1.165) is 6.20 Å². The van der Waals surface area contributed by atoms with E-state index in [1.807, 2.05) is 0 Å². The summed E-state index contributed by atoms with van der Waals surface area (Å²) in [5.41, 5.74) is -0.624. The van der Waals surface area contributed by atoms with Crippen LogP contribution in [0.2, 0.25) is 0 Å². The van der Waals surface area contributed by atoms with Gasteiger partial charge in [0.05, 0.1) is 0 Å². The second kappa shape index (κ2) is 4.68. The van der Waals surface area contributed by atoms with Crippen LogP contribution in [0.1, 0.15) is 11.3 Å². The lowest BCUT2D eigenvalue weighted by Gasteiger charge is -2.10. The number of hydrogen-bond acceptors (Lipinski definition) is 3. The van der Waals surface area contributed by atoms with Gasteiger partial charge in [0.1, 0.15) is 5.69 Å². The number of aryl methyl sites for hydroxylation is 1. The van der Waals surface area contributed by atoms with E-state index < -0.39 is 11.9 Å². The minimum Gasteiger partial charge on any atom is -0.275 e. The molecule has 2 aromatic rings. The third kappa shape index (κ3) is 2.53. The average Bonchev–Trinajstić information content (AvgIpc) is 2.74. The second-order valence-corrected chi connectivity index (χ2v) is 4.13. The van der Waals surface area contributed by atoms with Crippen LogP contribution in [0, 0.1) is 0 Å². The fourth-order valence-corrected chi connectivity index (χ4v) is 1.82. The predicted molar refractivity (Wildman–Crippen MR) is 61.9 cm³/mol. The Hall–Kier alpha value is -1.44. The van der Waals surface area contributed by atoms with Crippen molar-refractivity contribution < 1.29 is 13.2 Å². The lowest BCUT2D eigenvalue weighted by molar-refractivity contribution is -0.141. The first kappa shape index (κ1) is 13.0. The van der Waals surface area contributed by atoms with Gasteiger partial charge in [0.2, 0.25) is 0 Å². The van der Waals surface area contributed by atoms with Crippen molar-refractivity contribution in [2.45, 2.75) is 11.5 Å². The predicted octanol–water partition coefficient (Wildman–Crippen LogP) is 2.79. The van der Waals surface area contributed by atoms with Crippen molar-refractivity contribution in [3.8, 4) is 11.5 Å². The lowest BCUT2D eigenvalue weighted by Crippen LogP contribution is -2.13. The zero-order chi connectivity index (χ0) is 13.3. The van der Waals surface area contributed by atoms with Crippen LogP contribution in [0.25, 0.3) is 11.5 Å². The van der Waals surface area contributed by atoms with Crippen molar-refractivity contribution >= 4 is 15.9 Å². The van der Waals surface area contributed by atoms with Crippen LogP contribution in [0.5, 0.6) is 0 Å². The summed E-state index contributed by atoms with van der Waals surface area (Å²) in [6.45, 7) is 0. The van der Waals surface area contributed by atoms with Gasteiger partial charge in [-0.2, -0.15) is 18.3 Å². The Morgan fingerprint density at radius 2 is 2.11 bits per heavy atom. The van der Waals surface area contributed by atoms with Crippen LogP contribution in [0.15, 0.2) is 18.5 Å². The van der Waals surface area contributed by atoms with E-state index in [4.69, 9.17) is 0 Å². The van der Waals surface area contributed by atoms with E-state index in [-0.39, 0.29) is 16.7 Å². The molecule has 18 heavy (non-hydrogen) atoms. The smallest absolute Gasteiger partial charge is 0.275 e. The first-order chi connectivity index (χ1) is 8.41. The number of halogens is 4. The Morgan fingerprint density at radius 3 is 2.61 bits per heavy atom. The molecule has 0 saturated heterocycles. The molecule has 0 unspecified atom stereocenters. The van der Waals surface area contributed by atoms with E-state index in [1.54, 1.807) is 19.3 Å². The highest BCUT2D eigenvalue weighted by atomic mass is 79.9. The molecular formula is C10H8BrF3N4. The van der Waals surface area contributed by atoms with E-state index in [0.29, 0.717) is 5.69 Å². The maximum atomic E-state index is 12.8. The minimum absolute atomic E-state index is 0.00202. The van der Waals surface area contributed by atoms with Gasteiger partial charge in [0, 0.05) is 30.3 Å². The van der Waals surface area contributed by atoms with Crippen molar-refractivity contribution in [3.63, 3.8) is 0 Å². The number of alkyl halides is 4. The summed E-state index contributed by atoms with van der Waals surface area (Å²) in [6.07, 6.45) is -1.73. The Bertz CT molecular complexity index is 564. The minimum atomic E-state index is -4.50. The number of hydrogen-bond donors (Lipinski definition) is 0. The molecule has 0 fully saturated rings. The summed E-state index contributed by atoms with van der Waals surface area (Å²) in [6, 6.07) is 1.56. The van der Waals surface area contributed by atoms with Crippen LogP contribution in [-0.2, 0) is 18.6 Å². The van der Waals surface area contributed by atoms with Crippen molar-refractivity contribution in [1.82, 2.24) is 19.7 Å². The third-order valence-corrected chi connectivity index (χ3v) is 2.82. The van der Waals surface area contributed by atoms with Gasteiger partial charge < -0.3 is 0 Å². The van der Waals surface area contributed by atoms with Gasteiger partial charge in [-0.3, -0.25) is 4.68 Å². The fraction of sp³-hybridized carbons (Fsp3) is 0.300. The van der Waals surface area contributed by atoms with E-state index in [1.165, 1.54) is 4.68 Å². The zero-order valence-corrected chi connectivity index (χ0v) is 10.8. The maximum Gasteiger partial charge on any atom is 0.433 e. The van der Waals surface area contributed by atoms with E-state index in [2.05, 4.69) is 31.0 Å². The second-order valence-electron chi connectivity index (χ2n) is 3.57. The standard InChI is InChI=1S/C10H8BrF3N4/c1-18-3-2-7(17-18)9-15-5-6(4-11)8(16-9)10(12,13)14/h2-3,5H,4H2,1H3. The van der Waals surface area contributed by atoms with Crippen LogP contribution in [0.3, 0.4) is 0 Å². The SMILES string of the molecule is Cn1ccc(-c2ncc(CBr)c(C(F)(F)F)n2)n1. The molecule has 2 heterocycles.